The molecular weight excluding hydrogens is 424 g/mol. The molecule has 0 saturated carbocycles. The third-order valence-corrected chi connectivity index (χ3v) is 4.85. The van der Waals surface area contributed by atoms with Gasteiger partial charge in [-0.1, -0.05) is 0 Å². The fraction of sp³-hybridized carbons (Fsp3) is 0.200. The smallest absolute Gasteiger partial charge is 0.203 e. The van der Waals surface area contributed by atoms with Gasteiger partial charge < -0.3 is 29.0 Å². The summed E-state index contributed by atoms with van der Waals surface area (Å²) in [4.78, 5) is 17.1. The number of aromatic nitrogens is 1. The van der Waals surface area contributed by atoms with Crippen LogP contribution in [0.15, 0.2) is 54.7 Å². The van der Waals surface area contributed by atoms with Crippen LogP contribution in [-0.4, -0.2) is 46.3 Å². The zero-order chi connectivity index (χ0) is 23.8. The third-order valence-electron chi connectivity index (χ3n) is 4.85. The summed E-state index contributed by atoms with van der Waals surface area (Å²) in [5.74, 6) is 2.94. The number of rotatable bonds is 10. The molecule has 8 nitrogen and oxygen atoms in total. The van der Waals surface area contributed by atoms with Crippen LogP contribution in [0.5, 0.6) is 28.7 Å². The highest BCUT2D eigenvalue weighted by Gasteiger charge is 2.14. The number of pyridine rings is 1. The predicted octanol–water partition coefficient (Wildman–Crippen LogP) is 4.76. The van der Waals surface area contributed by atoms with Crippen LogP contribution in [0.3, 0.4) is 0 Å². The number of ether oxygens (including phenoxy) is 5. The minimum atomic E-state index is -0.182. The van der Waals surface area contributed by atoms with Gasteiger partial charge in [0.05, 0.1) is 35.5 Å². The molecule has 0 saturated heterocycles. The van der Waals surface area contributed by atoms with Crippen molar-refractivity contribution in [3.63, 3.8) is 0 Å². The fourth-order valence-electron chi connectivity index (χ4n) is 3.20. The van der Waals surface area contributed by atoms with Crippen LogP contribution in [-0.2, 0) is 0 Å². The number of carbonyl (C=O) groups excluding carboxylic acids is 1. The van der Waals surface area contributed by atoms with Gasteiger partial charge in [-0.25, -0.2) is 4.98 Å². The van der Waals surface area contributed by atoms with Gasteiger partial charge in [0, 0.05) is 35.1 Å². The molecule has 0 atom stereocenters. The van der Waals surface area contributed by atoms with Crippen LogP contribution in [0.25, 0.3) is 6.08 Å². The normalized spacial score (nSPS) is 10.6. The molecule has 0 bridgehead atoms. The van der Waals surface area contributed by atoms with Crippen molar-refractivity contribution in [3.05, 3.63) is 65.9 Å². The van der Waals surface area contributed by atoms with Gasteiger partial charge in [-0.3, -0.25) is 4.79 Å². The highest BCUT2D eigenvalue weighted by Crippen LogP contribution is 2.40. The Bertz CT molecular complexity index is 1130. The molecule has 33 heavy (non-hydrogen) atoms. The highest BCUT2D eigenvalue weighted by molar-refractivity contribution is 6.07. The van der Waals surface area contributed by atoms with E-state index in [0.29, 0.717) is 45.8 Å². The van der Waals surface area contributed by atoms with E-state index in [9.17, 15) is 4.79 Å². The zero-order valence-electron chi connectivity index (χ0n) is 19.2. The lowest BCUT2D eigenvalue weighted by Gasteiger charge is -2.15. The van der Waals surface area contributed by atoms with Gasteiger partial charge in [0.25, 0.3) is 0 Å². The van der Waals surface area contributed by atoms with Gasteiger partial charge >= 0.3 is 0 Å². The lowest BCUT2D eigenvalue weighted by molar-refractivity contribution is 0.104. The van der Waals surface area contributed by atoms with Crippen molar-refractivity contribution in [1.29, 1.82) is 0 Å². The summed E-state index contributed by atoms with van der Waals surface area (Å²) in [6, 6.07) is 12.2. The van der Waals surface area contributed by atoms with Gasteiger partial charge in [-0.2, -0.15) is 0 Å². The first-order valence-electron chi connectivity index (χ1n) is 10.0. The zero-order valence-corrected chi connectivity index (χ0v) is 19.2. The van der Waals surface area contributed by atoms with E-state index in [4.69, 9.17) is 23.7 Å². The number of ketones is 1. The topological polar surface area (TPSA) is 88.1 Å². The number of benzene rings is 2. The van der Waals surface area contributed by atoms with Crippen LogP contribution >= 0.6 is 0 Å². The maximum atomic E-state index is 12.7. The van der Waals surface area contributed by atoms with Gasteiger partial charge in [-0.15, -0.1) is 0 Å². The van der Waals surface area contributed by atoms with E-state index in [1.54, 1.807) is 77.1 Å². The number of nitrogens with zero attached hydrogens (tertiary/aromatic N) is 1. The first-order chi connectivity index (χ1) is 16.0. The Morgan fingerprint density at radius 3 is 2.09 bits per heavy atom. The summed E-state index contributed by atoms with van der Waals surface area (Å²) >= 11 is 0. The number of anilines is 2. The molecule has 1 N–H and O–H groups in total. The molecule has 0 amide bonds. The second kappa shape index (κ2) is 10.9. The number of carbonyl (C=O) groups is 1. The predicted molar refractivity (Wildman–Crippen MR) is 127 cm³/mol. The quantitative estimate of drug-likeness (QED) is 0.349. The lowest BCUT2D eigenvalue weighted by atomic mass is 10.1. The lowest BCUT2D eigenvalue weighted by Crippen LogP contribution is -2.00. The molecule has 2 aromatic carbocycles. The molecule has 0 spiro atoms. The van der Waals surface area contributed by atoms with E-state index in [1.165, 1.54) is 13.2 Å². The molecule has 3 rings (SSSR count). The average Bonchev–Trinajstić information content (AvgIpc) is 2.86. The Labute approximate surface area is 192 Å². The Hall–Kier alpha value is -4.20. The Morgan fingerprint density at radius 1 is 0.818 bits per heavy atom. The number of allylic oxidation sites excluding steroid dienone is 1. The second-order valence-electron chi connectivity index (χ2n) is 6.75. The molecule has 172 valence electrons. The summed E-state index contributed by atoms with van der Waals surface area (Å²) in [6.07, 6.45) is 4.85. The monoisotopic (exact) mass is 450 g/mol. The van der Waals surface area contributed by atoms with Crippen LogP contribution in [0, 0.1) is 0 Å². The van der Waals surface area contributed by atoms with Crippen molar-refractivity contribution in [2.75, 3.05) is 40.9 Å². The summed E-state index contributed by atoms with van der Waals surface area (Å²) in [5, 5.41) is 3.24. The van der Waals surface area contributed by atoms with Crippen molar-refractivity contribution in [1.82, 2.24) is 4.98 Å². The summed E-state index contributed by atoms with van der Waals surface area (Å²) in [6.45, 7) is 0. The maximum absolute atomic E-state index is 12.7. The summed E-state index contributed by atoms with van der Waals surface area (Å²) in [7, 11) is 7.72. The van der Waals surface area contributed by atoms with Crippen molar-refractivity contribution in [3.8, 4) is 28.7 Å². The maximum Gasteiger partial charge on any atom is 0.203 e. The van der Waals surface area contributed by atoms with Crippen molar-refractivity contribution < 1.29 is 28.5 Å². The molecule has 8 heteroatoms. The van der Waals surface area contributed by atoms with Gasteiger partial charge in [0.1, 0.15) is 5.82 Å². The van der Waals surface area contributed by atoms with Crippen molar-refractivity contribution in [2.45, 2.75) is 0 Å². The highest BCUT2D eigenvalue weighted by atomic mass is 16.5. The average molecular weight is 450 g/mol. The number of hydrogen-bond donors (Lipinski definition) is 1. The largest absolute Gasteiger partial charge is 0.493 e. The first-order valence-corrected chi connectivity index (χ1v) is 10.0. The molecule has 0 aliphatic heterocycles. The van der Waals surface area contributed by atoms with E-state index in [1.807, 2.05) is 6.07 Å². The van der Waals surface area contributed by atoms with E-state index < -0.39 is 0 Å². The van der Waals surface area contributed by atoms with Gasteiger partial charge in [-0.05, 0) is 42.5 Å². The van der Waals surface area contributed by atoms with Crippen molar-refractivity contribution >= 4 is 23.4 Å². The SMILES string of the molecule is COc1ccc(C(=O)C=Cc2cccnc2Nc2cc(OC)c(OC)c(OC)c2)cc1OC. The van der Waals surface area contributed by atoms with Crippen LogP contribution in [0.1, 0.15) is 15.9 Å². The summed E-state index contributed by atoms with van der Waals surface area (Å²) < 4.78 is 26.7. The van der Waals surface area contributed by atoms with Gasteiger partial charge in [0.15, 0.2) is 28.8 Å². The van der Waals surface area contributed by atoms with Gasteiger partial charge in [0.2, 0.25) is 5.75 Å². The Balaban J connectivity index is 1.87. The number of hydrogen-bond acceptors (Lipinski definition) is 8. The van der Waals surface area contributed by atoms with Crippen LogP contribution in [0.4, 0.5) is 11.5 Å². The molecular formula is C25H26N2O6. The second-order valence-corrected chi connectivity index (χ2v) is 6.75. The summed E-state index contributed by atoms with van der Waals surface area (Å²) in [5.41, 5.74) is 1.89. The minimum Gasteiger partial charge on any atom is -0.493 e. The van der Waals surface area contributed by atoms with E-state index in [0.717, 1.165) is 5.56 Å². The van der Waals surface area contributed by atoms with E-state index >= 15 is 0 Å². The van der Waals surface area contributed by atoms with E-state index in [2.05, 4.69) is 10.3 Å². The standard InChI is InChI=1S/C25H26N2O6/c1-29-20-11-9-17(13-21(20)30-2)19(28)10-8-16-7-6-12-26-25(16)27-18-14-22(31-3)24(33-5)23(15-18)32-4/h6-15H,1-5H3,(H,26,27). The molecule has 0 aliphatic rings. The molecule has 0 aliphatic carbocycles. The first kappa shape index (κ1) is 23.5. The molecule has 0 radical (unpaired) electrons. The Kier molecular flexibility index (Phi) is 7.75. The molecule has 0 unspecified atom stereocenters. The van der Waals surface area contributed by atoms with Crippen molar-refractivity contribution in [2.24, 2.45) is 0 Å². The Morgan fingerprint density at radius 2 is 1.48 bits per heavy atom. The number of nitrogens with one attached hydrogen (secondary N) is 1. The molecule has 1 heterocycles. The minimum absolute atomic E-state index is 0.182. The van der Waals surface area contributed by atoms with Crippen LogP contribution in [0.2, 0.25) is 0 Å². The molecule has 1 aromatic heterocycles. The number of methoxy groups -OCH3 is 5. The fourth-order valence-corrected chi connectivity index (χ4v) is 3.20. The molecule has 0 fully saturated rings. The van der Waals surface area contributed by atoms with E-state index in [-0.39, 0.29) is 5.78 Å². The molecule has 3 aromatic rings. The van der Waals surface area contributed by atoms with Crippen LogP contribution < -0.4 is 29.0 Å². The third kappa shape index (κ3) is 5.35.